The zero-order valence-corrected chi connectivity index (χ0v) is 3.56. The maximum Gasteiger partial charge on any atom is 0.187 e. The molecule has 0 bridgehead atoms. The summed E-state index contributed by atoms with van der Waals surface area (Å²) >= 11 is 0. The third-order valence-electron chi connectivity index (χ3n) is 0.272. The van der Waals surface area contributed by atoms with Crippen LogP contribution in [0.15, 0.2) is 0 Å². The summed E-state index contributed by atoms with van der Waals surface area (Å²) in [7, 11) is 0. The summed E-state index contributed by atoms with van der Waals surface area (Å²) < 4.78 is 0. The minimum absolute atomic E-state index is 0. The zero-order valence-electron chi connectivity index (χ0n) is 3.56. The van der Waals surface area contributed by atoms with Gasteiger partial charge in [-0.05, 0) is 0 Å². The Morgan fingerprint density at radius 2 is 1.67 bits per heavy atom. The van der Waals surface area contributed by atoms with E-state index in [9.17, 15) is 4.79 Å². The van der Waals surface area contributed by atoms with E-state index < -0.39 is 0 Å². The van der Waals surface area contributed by atoms with Gasteiger partial charge in [-0.2, -0.15) is 0 Å². The fourth-order valence-corrected chi connectivity index (χ4v) is 0. The van der Waals surface area contributed by atoms with Crippen LogP contribution in [0.2, 0.25) is 0 Å². The molecule has 0 N–H and O–H groups in total. The van der Waals surface area contributed by atoms with Gasteiger partial charge in [0.1, 0.15) is 6.29 Å². The van der Waals surface area contributed by atoms with E-state index in [1.807, 2.05) is 13.8 Å². The van der Waals surface area contributed by atoms with E-state index in [1.54, 1.807) is 0 Å². The quantitative estimate of drug-likeness (QED) is 0.327. The molecule has 0 heterocycles. The first-order valence-corrected chi connectivity index (χ1v) is 1.72. The van der Waals surface area contributed by atoms with Crippen molar-refractivity contribution < 1.29 is 4.79 Å². The van der Waals surface area contributed by atoms with Crippen LogP contribution in [0.1, 0.15) is 13.8 Å². The fourth-order valence-electron chi connectivity index (χ4n) is 0. The van der Waals surface area contributed by atoms with Crippen LogP contribution in [0.25, 0.3) is 0 Å². The highest BCUT2D eigenvalue weighted by atomic mass is 27.0. The number of hydrogen-bond donors (Lipinski definition) is 0. The lowest BCUT2D eigenvalue weighted by Crippen LogP contribution is -1.82. The van der Waals surface area contributed by atoms with Gasteiger partial charge in [-0.3, -0.25) is 0 Å². The maximum atomic E-state index is 9.50. The van der Waals surface area contributed by atoms with Gasteiger partial charge in [0.15, 0.2) is 17.4 Å². The molecule has 0 saturated heterocycles. The lowest BCUT2D eigenvalue weighted by molar-refractivity contribution is -0.110. The van der Waals surface area contributed by atoms with Gasteiger partial charge in [-0.25, -0.2) is 0 Å². The van der Waals surface area contributed by atoms with Crippen LogP contribution in [0.4, 0.5) is 0 Å². The van der Waals surface area contributed by atoms with Gasteiger partial charge in [-0.1, -0.05) is 13.8 Å². The van der Waals surface area contributed by atoms with Gasteiger partial charge < -0.3 is 4.79 Å². The second-order valence-corrected chi connectivity index (χ2v) is 1.38. The van der Waals surface area contributed by atoms with Crippen molar-refractivity contribution in [1.82, 2.24) is 0 Å². The molecule has 0 aliphatic carbocycles. The highest BCUT2D eigenvalue weighted by Crippen LogP contribution is 1.78. The molecule has 2 heteroatoms. The zero-order chi connectivity index (χ0) is 4.28. The van der Waals surface area contributed by atoms with Gasteiger partial charge in [-0.15, -0.1) is 0 Å². The van der Waals surface area contributed by atoms with Crippen molar-refractivity contribution in [3.8, 4) is 0 Å². The lowest BCUT2D eigenvalue weighted by Gasteiger charge is -1.78. The van der Waals surface area contributed by atoms with Crippen LogP contribution in [0, 0.1) is 5.92 Å². The Morgan fingerprint density at radius 3 is 1.67 bits per heavy atom. The molecule has 0 aromatic heterocycles. The van der Waals surface area contributed by atoms with Crippen molar-refractivity contribution in [2.75, 3.05) is 0 Å². The van der Waals surface area contributed by atoms with Crippen molar-refractivity contribution in [2.24, 2.45) is 5.92 Å². The molecular weight excluding hydrogens is 91.0 g/mol. The number of aldehydes is 1. The third-order valence-corrected chi connectivity index (χ3v) is 0.272. The topological polar surface area (TPSA) is 17.1 Å². The molecule has 0 amide bonds. The van der Waals surface area contributed by atoms with E-state index in [0.717, 1.165) is 6.29 Å². The first-order chi connectivity index (χ1) is 2.27. The highest BCUT2D eigenvalue weighted by Gasteiger charge is 1.79. The molecule has 6 heavy (non-hydrogen) atoms. The minimum atomic E-state index is 0. The predicted molar refractivity (Wildman–Crippen MR) is 30.8 cm³/mol. The first kappa shape index (κ1) is 9.51. The second-order valence-electron chi connectivity index (χ2n) is 1.38. The molecule has 0 atom stereocenters. The lowest BCUT2D eigenvalue weighted by atomic mass is 10.3. The van der Waals surface area contributed by atoms with E-state index in [-0.39, 0.29) is 23.3 Å². The number of carbonyl (C=O) groups is 1. The van der Waals surface area contributed by atoms with Gasteiger partial charge in [0.25, 0.3) is 0 Å². The molecule has 0 aliphatic rings. The van der Waals surface area contributed by atoms with E-state index in [0.29, 0.717) is 0 Å². The summed E-state index contributed by atoms with van der Waals surface area (Å²) in [5, 5.41) is 0. The van der Waals surface area contributed by atoms with E-state index in [1.165, 1.54) is 0 Å². The molecule has 0 rings (SSSR count). The molecule has 0 unspecified atom stereocenters. The summed E-state index contributed by atoms with van der Waals surface area (Å²) in [6.45, 7) is 3.71. The Hall–Kier alpha value is 0.202. The van der Waals surface area contributed by atoms with E-state index >= 15 is 0 Å². The van der Waals surface area contributed by atoms with Crippen molar-refractivity contribution >= 4 is 23.6 Å². The van der Waals surface area contributed by atoms with Crippen LogP contribution >= 0.6 is 0 Å². The van der Waals surface area contributed by atoms with Crippen molar-refractivity contribution in [1.29, 1.82) is 0 Å². The van der Waals surface area contributed by atoms with Crippen molar-refractivity contribution in [2.45, 2.75) is 13.8 Å². The van der Waals surface area contributed by atoms with Crippen LogP contribution < -0.4 is 0 Å². The smallest absolute Gasteiger partial charge is 0.187 e. The average Bonchev–Trinajstić information content (AvgIpc) is 1.38. The summed E-state index contributed by atoms with van der Waals surface area (Å²) in [5.74, 6) is 0.204. The molecule has 0 aliphatic heterocycles. The first-order valence-electron chi connectivity index (χ1n) is 1.72. The van der Waals surface area contributed by atoms with Gasteiger partial charge in [0.05, 0.1) is 0 Å². The van der Waals surface area contributed by atoms with Crippen molar-refractivity contribution in [3.05, 3.63) is 0 Å². The second kappa shape index (κ2) is 5.20. The molecule has 0 radical (unpaired) electrons. The summed E-state index contributed by atoms with van der Waals surface area (Å²) in [6, 6.07) is 0. The summed E-state index contributed by atoms with van der Waals surface area (Å²) in [5.41, 5.74) is 0. The Kier molecular flexibility index (Phi) is 8.24. The maximum absolute atomic E-state index is 9.50. The Morgan fingerprint density at radius 1 is 1.50 bits per heavy atom. The molecule has 0 spiro atoms. The van der Waals surface area contributed by atoms with Crippen molar-refractivity contribution in [3.63, 3.8) is 0 Å². The normalized spacial score (nSPS) is 7.17. The standard InChI is InChI=1S/C4H8O.Al.3H/c1-4(2)3-5;;;;/h3-4H,1-2H3;;;;. The van der Waals surface area contributed by atoms with Gasteiger partial charge in [0.2, 0.25) is 0 Å². The molecular formula is C4H11AlO. The van der Waals surface area contributed by atoms with E-state index in [4.69, 9.17) is 0 Å². The van der Waals surface area contributed by atoms with Gasteiger partial charge in [0, 0.05) is 5.92 Å². The highest BCUT2D eigenvalue weighted by molar-refractivity contribution is 5.75. The molecule has 36 valence electrons. The number of hydrogen-bond acceptors (Lipinski definition) is 1. The Bertz CT molecular complexity index is 34.5. The van der Waals surface area contributed by atoms with E-state index in [2.05, 4.69) is 0 Å². The third kappa shape index (κ3) is 8.88. The predicted octanol–water partition coefficient (Wildman–Crippen LogP) is -0.343. The molecule has 0 fully saturated rings. The summed E-state index contributed by atoms with van der Waals surface area (Å²) in [6.07, 6.45) is 0.917. The average molecular weight is 102 g/mol. The molecule has 0 aromatic carbocycles. The number of carbonyl (C=O) groups excluding carboxylic acids is 1. The Labute approximate surface area is 48.9 Å². The van der Waals surface area contributed by atoms with Crippen LogP contribution in [0.3, 0.4) is 0 Å². The summed E-state index contributed by atoms with van der Waals surface area (Å²) in [4.78, 5) is 9.50. The van der Waals surface area contributed by atoms with Crippen LogP contribution in [-0.4, -0.2) is 23.6 Å². The number of rotatable bonds is 1. The largest absolute Gasteiger partial charge is 0.303 e. The minimum Gasteiger partial charge on any atom is -0.303 e. The monoisotopic (exact) mass is 102 g/mol. The van der Waals surface area contributed by atoms with Crippen LogP contribution in [-0.2, 0) is 4.79 Å². The Balaban J connectivity index is 0. The molecule has 1 nitrogen and oxygen atoms in total. The fraction of sp³-hybridized carbons (Fsp3) is 0.750. The van der Waals surface area contributed by atoms with Crippen LogP contribution in [0.5, 0.6) is 0 Å². The van der Waals surface area contributed by atoms with Gasteiger partial charge >= 0.3 is 0 Å². The SMILES string of the molecule is CC(C)C=O.[AlH3]. The molecule has 0 saturated carbocycles. The molecule has 0 aromatic rings.